The van der Waals surface area contributed by atoms with Gasteiger partial charge in [-0.15, -0.1) is 15.3 Å². The standard InChI is InChI=1S/C20H23FN6O2/c1-25(12-14-3-4-17(29-2)16(21)11-14)20(28)15-7-9-26(10-8-15)19-6-5-18-23-22-13-27(18)24-19/h3-6,11,13,15H,7-10,12H2,1-2H3. The lowest BCUT2D eigenvalue weighted by Crippen LogP contribution is -2.41. The minimum atomic E-state index is -0.420. The molecule has 2 aromatic heterocycles. The molecule has 9 heteroatoms. The Kier molecular flexibility index (Phi) is 5.28. The van der Waals surface area contributed by atoms with Crippen LogP contribution in [0.2, 0.25) is 0 Å². The van der Waals surface area contributed by atoms with E-state index in [-0.39, 0.29) is 17.6 Å². The number of carbonyl (C=O) groups is 1. The third-order valence-corrected chi connectivity index (χ3v) is 5.33. The number of rotatable bonds is 5. The van der Waals surface area contributed by atoms with Crippen molar-refractivity contribution in [2.45, 2.75) is 19.4 Å². The average molecular weight is 398 g/mol. The third kappa shape index (κ3) is 3.98. The van der Waals surface area contributed by atoms with Crippen LogP contribution in [0, 0.1) is 11.7 Å². The van der Waals surface area contributed by atoms with Gasteiger partial charge in [0.05, 0.1) is 7.11 Å². The number of hydrogen-bond donors (Lipinski definition) is 0. The lowest BCUT2D eigenvalue weighted by atomic mass is 9.95. The first-order chi connectivity index (χ1) is 14.0. The van der Waals surface area contributed by atoms with Gasteiger partial charge in [-0.25, -0.2) is 4.39 Å². The van der Waals surface area contributed by atoms with Gasteiger partial charge in [-0.1, -0.05) is 6.07 Å². The molecule has 0 radical (unpaired) electrons. The summed E-state index contributed by atoms with van der Waals surface area (Å²) in [6, 6.07) is 8.59. The summed E-state index contributed by atoms with van der Waals surface area (Å²) in [4.78, 5) is 16.7. The first-order valence-corrected chi connectivity index (χ1v) is 9.54. The normalized spacial score (nSPS) is 14.9. The maximum Gasteiger partial charge on any atom is 0.225 e. The number of nitrogens with zero attached hydrogens (tertiary/aromatic N) is 6. The van der Waals surface area contributed by atoms with Crippen LogP contribution >= 0.6 is 0 Å². The molecule has 3 heterocycles. The number of benzene rings is 1. The third-order valence-electron chi connectivity index (χ3n) is 5.33. The van der Waals surface area contributed by atoms with Crippen LogP contribution in [0.1, 0.15) is 18.4 Å². The summed E-state index contributed by atoms with van der Waals surface area (Å²) in [7, 11) is 3.19. The van der Waals surface area contributed by atoms with E-state index in [0.717, 1.165) is 37.3 Å². The predicted octanol–water partition coefficient (Wildman–Crippen LogP) is 2.15. The summed E-state index contributed by atoms with van der Waals surface area (Å²) in [5.41, 5.74) is 1.44. The van der Waals surface area contributed by atoms with E-state index in [1.54, 1.807) is 34.9 Å². The van der Waals surface area contributed by atoms with Gasteiger partial charge in [0.25, 0.3) is 0 Å². The van der Waals surface area contributed by atoms with Crippen molar-refractivity contribution in [3.05, 3.63) is 48.0 Å². The number of aromatic nitrogens is 4. The van der Waals surface area contributed by atoms with Crippen LogP contribution in [-0.2, 0) is 11.3 Å². The highest BCUT2D eigenvalue weighted by molar-refractivity contribution is 5.79. The molecule has 152 valence electrons. The van der Waals surface area contributed by atoms with Crippen molar-refractivity contribution in [1.29, 1.82) is 0 Å². The Hall–Kier alpha value is -3.23. The second kappa shape index (κ2) is 8.02. The second-order valence-electron chi connectivity index (χ2n) is 7.25. The van der Waals surface area contributed by atoms with Crippen molar-refractivity contribution < 1.29 is 13.9 Å². The van der Waals surface area contributed by atoms with E-state index in [4.69, 9.17) is 4.74 Å². The van der Waals surface area contributed by atoms with Crippen LogP contribution in [0.3, 0.4) is 0 Å². The lowest BCUT2D eigenvalue weighted by molar-refractivity contribution is -0.135. The second-order valence-corrected chi connectivity index (χ2v) is 7.25. The molecule has 1 fully saturated rings. The number of halogens is 1. The van der Waals surface area contributed by atoms with Crippen molar-refractivity contribution in [3.63, 3.8) is 0 Å². The summed E-state index contributed by atoms with van der Waals surface area (Å²) < 4.78 is 20.5. The number of piperidine rings is 1. The zero-order valence-electron chi connectivity index (χ0n) is 16.5. The van der Waals surface area contributed by atoms with Crippen molar-refractivity contribution in [2.24, 2.45) is 5.92 Å². The summed E-state index contributed by atoms with van der Waals surface area (Å²) in [5, 5.41) is 12.3. The SMILES string of the molecule is COc1ccc(CN(C)C(=O)C2CCN(c3ccc4nncn4n3)CC2)cc1F. The van der Waals surface area contributed by atoms with E-state index >= 15 is 0 Å². The van der Waals surface area contributed by atoms with Crippen LogP contribution in [-0.4, -0.2) is 57.9 Å². The molecule has 0 saturated carbocycles. The molecule has 29 heavy (non-hydrogen) atoms. The summed E-state index contributed by atoms with van der Waals surface area (Å²) in [5.74, 6) is 0.677. The van der Waals surface area contributed by atoms with E-state index in [0.29, 0.717) is 12.2 Å². The molecule has 1 saturated heterocycles. The molecule has 1 aromatic carbocycles. The highest BCUT2D eigenvalue weighted by Crippen LogP contribution is 2.24. The van der Waals surface area contributed by atoms with E-state index in [1.165, 1.54) is 13.2 Å². The molecule has 0 N–H and O–H groups in total. The number of carbonyl (C=O) groups excluding carboxylic acids is 1. The Morgan fingerprint density at radius 2 is 2.07 bits per heavy atom. The van der Waals surface area contributed by atoms with Gasteiger partial charge in [-0.2, -0.15) is 4.52 Å². The maximum absolute atomic E-state index is 13.9. The van der Waals surface area contributed by atoms with Crippen molar-refractivity contribution in [1.82, 2.24) is 24.7 Å². The Bertz CT molecular complexity index is 1020. The Morgan fingerprint density at radius 3 is 2.79 bits per heavy atom. The molecule has 1 amide bonds. The van der Waals surface area contributed by atoms with Crippen LogP contribution in [0.5, 0.6) is 5.75 Å². The Morgan fingerprint density at radius 1 is 1.28 bits per heavy atom. The van der Waals surface area contributed by atoms with Gasteiger partial charge in [0.1, 0.15) is 12.1 Å². The van der Waals surface area contributed by atoms with Crippen molar-refractivity contribution in [2.75, 3.05) is 32.1 Å². The van der Waals surface area contributed by atoms with Gasteiger partial charge in [0.2, 0.25) is 5.91 Å². The molecule has 1 aliphatic rings. The topological polar surface area (TPSA) is 75.9 Å². The molecule has 0 unspecified atom stereocenters. The highest BCUT2D eigenvalue weighted by Gasteiger charge is 2.28. The largest absolute Gasteiger partial charge is 0.494 e. The van der Waals surface area contributed by atoms with Crippen molar-refractivity contribution in [3.8, 4) is 5.75 Å². The fourth-order valence-corrected chi connectivity index (χ4v) is 3.71. The maximum atomic E-state index is 13.9. The molecule has 3 aromatic rings. The van der Waals surface area contributed by atoms with Gasteiger partial charge in [-0.05, 0) is 42.7 Å². The first-order valence-electron chi connectivity index (χ1n) is 9.54. The molecular weight excluding hydrogens is 375 g/mol. The number of methoxy groups -OCH3 is 1. The van der Waals surface area contributed by atoms with Crippen molar-refractivity contribution >= 4 is 17.4 Å². The molecule has 4 rings (SSSR count). The predicted molar refractivity (Wildman–Crippen MR) is 105 cm³/mol. The quantitative estimate of drug-likeness (QED) is 0.656. The van der Waals surface area contributed by atoms with E-state index in [9.17, 15) is 9.18 Å². The molecule has 0 bridgehead atoms. The summed E-state index contributed by atoms with van der Waals surface area (Å²) in [6.45, 7) is 1.87. The van der Waals surface area contributed by atoms with Gasteiger partial charge < -0.3 is 14.5 Å². The molecule has 8 nitrogen and oxygen atoms in total. The fraction of sp³-hybridized carbons (Fsp3) is 0.400. The molecule has 1 aliphatic heterocycles. The minimum Gasteiger partial charge on any atom is -0.494 e. The summed E-state index contributed by atoms with van der Waals surface area (Å²) in [6.07, 6.45) is 3.08. The van der Waals surface area contributed by atoms with Gasteiger partial charge in [0, 0.05) is 32.6 Å². The van der Waals surface area contributed by atoms with Gasteiger partial charge in [-0.3, -0.25) is 4.79 Å². The molecule has 0 aliphatic carbocycles. The zero-order valence-corrected chi connectivity index (χ0v) is 16.5. The van der Waals surface area contributed by atoms with Gasteiger partial charge >= 0.3 is 0 Å². The van der Waals surface area contributed by atoms with E-state index in [1.807, 2.05) is 12.1 Å². The number of hydrogen-bond acceptors (Lipinski definition) is 6. The molecular formula is C20H23FN6O2. The average Bonchev–Trinajstić information content (AvgIpc) is 3.21. The molecule has 0 spiro atoms. The highest BCUT2D eigenvalue weighted by atomic mass is 19.1. The van der Waals surface area contributed by atoms with Gasteiger partial charge in [0.15, 0.2) is 17.2 Å². The van der Waals surface area contributed by atoms with Crippen LogP contribution < -0.4 is 9.64 Å². The zero-order chi connectivity index (χ0) is 20.4. The number of anilines is 1. The molecule has 0 atom stereocenters. The number of ether oxygens (including phenoxy) is 1. The van der Waals surface area contributed by atoms with E-state index < -0.39 is 5.82 Å². The lowest BCUT2D eigenvalue weighted by Gasteiger charge is -2.33. The number of amides is 1. The minimum absolute atomic E-state index is 0.0435. The van der Waals surface area contributed by atoms with Crippen LogP contribution in [0.15, 0.2) is 36.7 Å². The number of fused-ring (bicyclic) bond motifs is 1. The first kappa shape index (κ1) is 19.1. The summed E-state index contributed by atoms with van der Waals surface area (Å²) >= 11 is 0. The Labute approximate surface area is 167 Å². The van der Waals surface area contributed by atoms with E-state index in [2.05, 4.69) is 20.2 Å². The van der Waals surface area contributed by atoms with Crippen LogP contribution in [0.4, 0.5) is 10.2 Å². The monoisotopic (exact) mass is 398 g/mol. The fourth-order valence-electron chi connectivity index (χ4n) is 3.71. The smallest absolute Gasteiger partial charge is 0.225 e. The Balaban J connectivity index is 1.35. The van der Waals surface area contributed by atoms with Crippen LogP contribution in [0.25, 0.3) is 5.65 Å².